The van der Waals surface area contributed by atoms with Gasteiger partial charge in [-0.2, -0.15) is 0 Å². The Morgan fingerprint density at radius 2 is 1.81 bits per heavy atom. The van der Waals surface area contributed by atoms with Gasteiger partial charge in [-0.05, 0) is 55.3 Å². The van der Waals surface area contributed by atoms with Crippen LogP contribution in [0.5, 0.6) is 0 Å². The van der Waals surface area contributed by atoms with E-state index >= 15 is 0 Å². The van der Waals surface area contributed by atoms with Gasteiger partial charge < -0.3 is 5.32 Å². The van der Waals surface area contributed by atoms with Crippen LogP contribution in [0, 0.1) is 0 Å². The second-order valence-corrected chi connectivity index (χ2v) is 7.07. The molecule has 4 nitrogen and oxygen atoms in total. The second kappa shape index (κ2) is 6.98. The largest absolute Gasteiger partial charge is 0.316 e. The molecule has 21 heavy (non-hydrogen) atoms. The first kappa shape index (κ1) is 15.9. The summed E-state index contributed by atoms with van der Waals surface area (Å²) >= 11 is 1.62. The highest BCUT2D eigenvalue weighted by Gasteiger charge is 2.14. The summed E-state index contributed by atoms with van der Waals surface area (Å²) in [6, 6.07) is 14.2. The first-order valence-corrected chi connectivity index (χ1v) is 9.16. The van der Waals surface area contributed by atoms with Gasteiger partial charge in [0.15, 0.2) is 0 Å². The van der Waals surface area contributed by atoms with E-state index in [1.54, 1.807) is 42.1 Å². The molecule has 0 heterocycles. The van der Waals surface area contributed by atoms with E-state index in [9.17, 15) is 8.42 Å². The van der Waals surface area contributed by atoms with Crippen molar-refractivity contribution in [2.45, 2.75) is 16.3 Å². The molecule has 0 aliphatic carbocycles. The van der Waals surface area contributed by atoms with E-state index in [0.29, 0.717) is 12.2 Å². The highest BCUT2D eigenvalue weighted by Crippen LogP contribution is 2.20. The van der Waals surface area contributed by atoms with Crippen molar-refractivity contribution in [2.75, 3.05) is 18.0 Å². The van der Waals surface area contributed by atoms with Crippen LogP contribution < -0.4 is 10.0 Å². The molecule has 0 bridgehead atoms. The SMILES string of the molecule is CNCc1cccc(S(=O)(=O)Nc2ccc(SC)cc2)c1. The lowest BCUT2D eigenvalue weighted by Gasteiger charge is -2.10. The number of benzene rings is 2. The van der Waals surface area contributed by atoms with Gasteiger partial charge in [0.1, 0.15) is 0 Å². The fourth-order valence-corrected chi connectivity index (χ4v) is 3.44. The lowest BCUT2D eigenvalue weighted by atomic mass is 10.2. The molecule has 2 aromatic carbocycles. The monoisotopic (exact) mass is 322 g/mol. The minimum absolute atomic E-state index is 0.268. The van der Waals surface area contributed by atoms with Crippen molar-refractivity contribution in [3.63, 3.8) is 0 Å². The van der Waals surface area contributed by atoms with Crippen molar-refractivity contribution < 1.29 is 8.42 Å². The van der Waals surface area contributed by atoms with E-state index in [2.05, 4.69) is 10.0 Å². The molecule has 2 N–H and O–H groups in total. The third kappa shape index (κ3) is 4.23. The molecular weight excluding hydrogens is 304 g/mol. The fourth-order valence-electron chi connectivity index (χ4n) is 1.90. The Hall–Kier alpha value is -1.50. The molecule has 0 atom stereocenters. The Morgan fingerprint density at radius 3 is 2.43 bits per heavy atom. The van der Waals surface area contributed by atoms with Gasteiger partial charge in [0, 0.05) is 17.1 Å². The molecule has 0 spiro atoms. The normalized spacial score (nSPS) is 11.3. The molecule has 0 unspecified atom stereocenters. The van der Waals surface area contributed by atoms with Crippen molar-refractivity contribution in [1.82, 2.24) is 5.32 Å². The zero-order chi connectivity index (χ0) is 15.3. The molecular formula is C15H18N2O2S2. The summed E-state index contributed by atoms with van der Waals surface area (Å²) in [6.07, 6.45) is 1.98. The number of nitrogens with one attached hydrogen (secondary N) is 2. The van der Waals surface area contributed by atoms with E-state index in [-0.39, 0.29) is 4.90 Å². The number of rotatable bonds is 6. The third-order valence-electron chi connectivity index (χ3n) is 2.93. The smallest absolute Gasteiger partial charge is 0.261 e. The summed E-state index contributed by atoms with van der Waals surface area (Å²) in [5.74, 6) is 0. The average Bonchev–Trinajstić information content (AvgIpc) is 2.48. The minimum Gasteiger partial charge on any atom is -0.316 e. The highest BCUT2D eigenvalue weighted by molar-refractivity contribution is 7.98. The maximum atomic E-state index is 12.4. The Morgan fingerprint density at radius 1 is 1.10 bits per heavy atom. The zero-order valence-electron chi connectivity index (χ0n) is 12.0. The molecule has 6 heteroatoms. The van der Waals surface area contributed by atoms with Crippen molar-refractivity contribution >= 4 is 27.5 Å². The number of thioether (sulfide) groups is 1. The van der Waals surface area contributed by atoms with Gasteiger partial charge in [-0.25, -0.2) is 8.42 Å². The van der Waals surface area contributed by atoms with E-state index < -0.39 is 10.0 Å². The summed E-state index contributed by atoms with van der Waals surface area (Å²) in [7, 11) is -1.73. The Kier molecular flexibility index (Phi) is 5.27. The Labute approximate surface area is 130 Å². The van der Waals surface area contributed by atoms with E-state index in [1.807, 2.05) is 31.5 Å². The summed E-state index contributed by atoms with van der Waals surface area (Å²) in [4.78, 5) is 1.36. The number of anilines is 1. The van der Waals surface area contributed by atoms with Crippen molar-refractivity contribution in [2.24, 2.45) is 0 Å². The van der Waals surface area contributed by atoms with Crippen molar-refractivity contribution in [1.29, 1.82) is 0 Å². The summed E-state index contributed by atoms with van der Waals surface area (Å²) in [6.45, 7) is 0.631. The predicted octanol–water partition coefficient (Wildman–Crippen LogP) is 2.93. The molecule has 0 aliphatic heterocycles. The molecule has 2 aromatic rings. The minimum atomic E-state index is -3.56. The molecule has 0 aliphatic rings. The second-order valence-electron chi connectivity index (χ2n) is 4.51. The lowest BCUT2D eigenvalue weighted by Crippen LogP contribution is -2.14. The summed E-state index contributed by atoms with van der Waals surface area (Å²) in [5, 5.41) is 3.01. The van der Waals surface area contributed by atoms with Gasteiger partial charge in [0.25, 0.3) is 10.0 Å². The molecule has 0 fully saturated rings. The van der Waals surface area contributed by atoms with E-state index in [4.69, 9.17) is 0 Å². The molecule has 0 amide bonds. The summed E-state index contributed by atoms with van der Waals surface area (Å²) in [5.41, 5.74) is 1.49. The van der Waals surface area contributed by atoms with Crippen molar-refractivity contribution in [3.8, 4) is 0 Å². The Balaban J connectivity index is 2.22. The molecule has 0 saturated carbocycles. The molecule has 0 saturated heterocycles. The quantitative estimate of drug-likeness (QED) is 0.803. The van der Waals surface area contributed by atoms with Gasteiger partial charge in [-0.1, -0.05) is 12.1 Å². The van der Waals surface area contributed by atoms with Crippen LogP contribution in [0.4, 0.5) is 5.69 Å². The summed E-state index contributed by atoms with van der Waals surface area (Å²) < 4.78 is 27.3. The van der Waals surface area contributed by atoms with Gasteiger partial charge in [-0.15, -0.1) is 11.8 Å². The number of sulfonamides is 1. The van der Waals surface area contributed by atoms with Crippen LogP contribution >= 0.6 is 11.8 Å². The molecule has 0 radical (unpaired) electrons. The topological polar surface area (TPSA) is 58.2 Å². The van der Waals surface area contributed by atoms with Crippen LogP contribution in [-0.2, 0) is 16.6 Å². The van der Waals surface area contributed by atoms with E-state index in [1.165, 1.54) is 0 Å². The lowest BCUT2D eigenvalue weighted by molar-refractivity contribution is 0.601. The highest BCUT2D eigenvalue weighted by atomic mass is 32.2. The Bertz CT molecular complexity index is 698. The standard InChI is InChI=1S/C15H18N2O2S2/c1-16-11-12-4-3-5-15(10-12)21(18,19)17-13-6-8-14(20-2)9-7-13/h3-10,16-17H,11H2,1-2H3. The zero-order valence-corrected chi connectivity index (χ0v) is 13.6. The molecule has 2 rings (SSSR count). The first-order chi connectivity index (χ1) is 10.0. The average molecular weight is 322 g/mol. The van der Waals surface area contributed by atoms with Crippen molar-refractivity contribution in [3.05, 3.63) is 54.1 Å². The van der Waals surface area contributed by atoms with Crippen LogP contribution in [0.15, 0.2) is 58.3 Å². The van der Waals surface area contributed by atoms with Crippen LogP contribution in [0.3, 0.4) is 0 Å². The molecule has 0 aromatic heterocycles. The first-order valence-electron chi connectivity index (χ1n) is 6.45. The van der Waals surface area contributed by atoms with Crippen LogP contribution in [0.1, 0.15) is 5.56 Å². The fraction of sp³-hybridized carbons (Fsp3) is 0.200. The van der Waals surface area contributed by atoms with E-state index in [0.717, 1.165) is 10.5 Å². The van der Waals surface area contributed by atoms with Gasteiger partial charge in [-0.3, -0.25) is 4.72 Å². The maximum absolute atomic E-state index is 12.4. The van der Waals surface area contributed by atoms with Crippen LogP contribution in [0.25, 0.3) is 0 Å². The predicted molar refractivity (Wildman–Crippen MR) is 88.2 cm³/mol. The number of hydrogen-bond acceptors (Lipinski definition) is 4. The number of hydrogen-bond donors (Lipinski definition) is 2. The van der Waals surface area contributed by atoms with Crippen LogP contribution in [0.2, 0.25) is 0 Å². The molecule has 112 valence electrons. The van der Waals surface area contributed by atoms with Gasteiger partial charge in [0.05, 0.1) is 4.90 Å². The van der Waals surface area contributed by atoms with Gasteiger partial charge in [0.2, 0.25) is 0 Å². The third-order valence-corrected chi connectivity index (χ3v) is 5.05. The maximum Gasteiger partial charge on any atom is 0.261 e. The van der Waals surface area contributed by atoms with Crippen LogP contribution in [-0.4, -0.2) is 21.7 Å². The van der Waals surface area contributed by atoms with Gasteiger partial charge >= 0.3 is 0 Å².